The van der Waals surface area contributed by atoms with Crippen LogP contribution in [0.15, 0.2) is 45.1 Å². The normalized spacial score (nSPS) is 23.5. The Hall–Kier alpha value is -1.72. The Labute approximate surface area is 157 Å². The molecule has 2 aliphatic heterocycles. The molecule has 142 valence electrons. The quantitative estimate of drug-likeness (QED) is 0.760. The Morgan fingerprint density at radius 1 is 1.23 bits per heavy atom. The molecule has 0 aromatic heterocycles. The summed E-state index contributed by atoms with van der Waals surface area (Å²) in [4.78, 5) is 14.8. The number of nitrogens with zero attached hydrogens (tertiary/aromatic N) is 4. The number of piperazine rings is 1. The van der Waals surface area contributed by atoms with Crippen LogP contribution in [0.2, 0.25) is 0 Å². The van der Waals surface area contributed by atoms with Gasteiger partial charge in [0.05, 0.1) is 24.9 Å². The Morgan fingerprint density at radius 3 is 2.73 bits per heavy atom. The molecule has 0 aromatic rings. The first-order chi connectivity index (χ1) is 12.6. The molecular formula is C21H32N4O. The molecule has 0 aromatic carbocycles. The summed E-state index contributed by atoms with van der Waals surface area (Å²) in [5, 5.41) is 0. The van der Waals surface area contributed by atoms with Crippen LogP contribution in [0, 0.1) is 0 Å². The fourth-order valence-electron chi connectivity index (χ4n) is 3.54. The Morgan fingerprint density at radius 2 is 2.00 bits per heavy atom. The van der Waals surface area contributed by atoms with Crippen LogP contribution < -0.4 is 0 Å². The number of aliphatic imine (C=N–C) groups is 2. The molecule has 0 saturated carbocycles. The van der Waals surface area contributed by atoms with Crippen molar-refractivity contribution >= 4 is 11.5 Å². The van der Waals surface area contributed by atoms with Crippen LogP contribution in [0.4, 0.5) is 0 Å². The molecular weight excluding hydrogens is 324 g/mol. The SMILES string of the molecule is CCCOC1=C2CC=CC(C)=CC2=NC(C(C)N2CCN(C)CC2)=NC1. The zero-order valence-corrected chi connectivity index (χ0v) is 16.7. The lowest BCUT2D eigenvalue weighted by Gasteiger charge is -2.36. The van der Waals surface area contributed by atoms with E-state index in [1.165, 1.54) is 11.1 Å². The lowest BCUT2D eigenvalue weighted by Crippen LogP contribution is -2.50. The van der Waals surface area contributed by atoms with Gasteiger partial charge in [-0.2, -0.15) is 0 Å². The Balaban J connectivity index is 1.87. The second-order valence-corrected chi connectivity index (χ2v) is 7.43. The highest BCUT2D eigenvalue weighted by molar-refractivity contribution is 6.16. The second kappa shape index (κ2) is 8.78. The maximum Gasteiger partial charge on any atom is 0.141 e. The first-order valence-corrected chi connectivity index (χ1v) is 9.84. The molecule has 26 heavy (non-hydrogen) atoms. The maximum absolute atomic E-state index is 6.07. The van der Waals surface area contributed by atoms with E-state index in [2.05, 4.69) is 55.8 Å². The van der Waals surface area contributed by atoms with Crippen LogP contribution in [0.1, 0.15) is 33.6 Å². The molecule has 1 aliphatic carbocycles. The van der Waals surface area contributed by atoms with Crippen LogP contribution >= 0.6 is 0 Å². The van der Waals surface area contributed by atoms with Crippen molar-refractivity contribution in [1.29, 1.82) is 0 Å². The van der Waals surface area contributed by atoms with Crippen molar-refractivity contribution in [2.75, 3.05) is 46.4 Å². The molecule has 1 fully saturated rings. The van der Waals surface area contributed by atoms with Gasteiger partial charge in [-0.25, -0.2) is 4.99 Å². The maximum atomic E-state index is 6.07. The molecule has 1 atom stereocenters. The van der Waals surface area contributed by atoms with Gasteiger partial charge in [0, 0.05) is 31.8 Å². The predicted molar refractivity (Wildman–Crippen MR) is 109 cm³/mol. The van der Waals surface area contributed by atoms with E-state index >= 15 is 0 Å². The second-order valence-electron chi connectivity index (χ2n) is 7.43. The zero-order chi connectivity index (χ0) is 18.5. The summed E-state index contributed by atoms with van der Waals surface area (Å²) in [6.45, 7) is 12.2. The largest absolute Gasteiger partial charge is 0.496 e. The van der Waals surface area contributed by atoms with Gasteiger partial charge in [-0.15, -0.1) is 0 Å². The summed E-state index contributed by atoms with van der Waals surface area (Å²) in [5.41, 5.74) is 3.44. The monoisotopic (exact) mass is 356 g/mol. The molecule has 5 nitrogen and oxygen atoms in total. The number of fused-ring (bicyclic) bond motifs is 1. The summed E-state index contributed by atoms with van der Waals surface area (Å²) in [7, 11) is 2.19. The molecule has 2 heterocycles. The fraction of sp³-hybridized carbons (Fsp3) is 0.619. The third-order valence-corrected chi connectivity index (χ3v) is 5.27. The van der Waals surface area contributed by atoms with E-state index < -0.39 is 0 Å². The van der Waals surface area contributed by atoms with Crippen LogP contribution in [0.25, 0.3) is 0 Å². The molecule has 0 N–H and O–H groups in total. The molecule has 0 amide bonds. The number of rotatable bonds is 5. The molecule has 0 spiro atoms. The standard InChI is InChI=1S/C21H32N4O/c1-5-13-26-20-15-22-21(17(3)25-11-9-24(4)10-12-25)23-19-14-16(2)7-6-8-18(19)20/h6-7,14,17H,5,8-13,15H2,1-4H3. The minimum atomic E-state index is 0.230. The number of allylic oxidation sites excluding steroid dienone is 5. The molecule has 3 rings (SSSR count). The number of hydrogen-bond donors (Lipinski definition) is 0. The molecule has 3 aliphatic rings. The summed E-state index contributed by atoms with van der Waals surface area (Å²) in [6, 6.07) is 0.230. The van der Waals surface area contributed by atoms with Gasteiger partial charge >= 0.3 is 0 Å². The first-order valence-electron chi connectivity index (χ1n) is 9.84. The van der Waals surface area contributed by atoms with Gasteiger partial charge in [0.2, 0.25) is 0 Å². The molecule has 5 heteroatoms. The van der Waals surface area contributed by atoms with E-state index in [1.54, 1.807) is 0 Å². The molecule has 0 radical (unpaired) electrons. The number of likely N-dealkylation sites (N-methyl/N-ethyl adjacent to an activating group) is 1. The zero-order valence-electron chi connectivity index (χ0n) is 16.7. The Kier molecular flexibility index (Phi) is 6.43. The third-order valence-electron chi connectivity index (χ3n) is 5.27. The highest BCUT2D eigenvalue weighted by Gasteiger charge is 2.26. The average Bonchev–Trinajstić information content (AvgIpc) is 2.91. The van der Waals surface area contributed by atoms with Crippen LogP contribution in [-0.4, -0.2) is 73.8 Å². The van der Waals surface area contributed by atoms with Gasteiger partial charge < -0.3 is 9.64 Å². The van der Waals surface area contributed by atoms with Gasteiger partial charge in [0.25, 0.3) is 0 Å². The van der Waals surface area contributed by atoms with Crippen LogP contribution in [-0.2, 0) is 4.74 Å². The molecule has 1 saturated heterocycles. The van der Waals surface area contributed by atoms with Crippen molar-refractivity contribution in [2.24, 2.45) is 9.98 Å². The van der Waals surface area contributed by atoms with Gasteiger partial charge in [0.1, 0.15) is 11.6 Å². The minimum absolute atomic E-state index is 0.230. The summed E-state index contributed by atoms with van der Waals surface area (Å²) in [5.74, 6) is 1.92. The van der Waals surface area contributed by atoms with Crippen molar-refractivity contribution in [3.63, 3.8) is 0 Å². The lowest BCUT2D eigenvalue weighted by atomic mass is 10.1. The van der Waals surface area contributed by atoms with E-state index in [0.717, 1.165) is 62.9 Å². The van der Waals surface area contributed by atoms with Crippen molar-refractivity contribution in [1.82, 2.24) is 9.80 Å². The molecule has 0 bridgehead atoms. The average molecular weight is 357 g/mol. The highest BCUT2D eigenvalue weighted by atomic mass is 16.5. The van der Waals surface area contributed by atoms with Crippen LogP contribution in [0.3, 0.4) is 0 Å². The minimum Gasteiger partial charge on any atom is -0.496 e. The topological polar surface area (TPSA) is 40.4 Å². The first kappa shape index (κ1) is 19.1. The van der Waals surface area contributed by atoms with E-state index in [0.29, 0.717) is 6.54 Å². The fourth-order valence-corrected chi connectivity index (χ4v) is 3.54. The summed E-state index contributed by atoms with van der Waals surface area (Å²) in [6.07, 6.45) is 8.40. The lowest BCUT2D eigenvalue weighted by molar-refractivity contribution is 0.142. The van der Waals surface area contributed by atoms with E-state index in [9.17, 15) is 0 Å². The van der Waals surface area contributed by atoms with Crippen molar-refractivity contribution < 1.29 is 4.74 Å². The predicted octanol–water partition coefficient (Wildman–Crippen LogP) is 3.06. The number of ether oxygens (including phenoxy) is 1. The number of hydrogen-bond acceptors (Lipinski definition) is 5. The van der Waals surface area contributed by atoms with Gasteiger partial charge in [-0.3, -0.25) is 9.89 Å². The van der Waals surface area contributed by atoms with Gasteiger partial charge in [-0.1, -0.05) is 19.1 Å². The van der Waals surface area contributed by atoms with Crippen molar-refractivity contribution in [2.45, 2.75) is 39.7 Å². The van der Waals surface area contributed by atoms with Crippen molar-refractivity contribution in [3.05, 3.63) is 35.1 Å². The highest BCUT2D eigenvalue weighted by Crippen LogP contribution is 2.23. The van der Waals surface area contributed by atoms with E-state index in [4.69, 9.17) is 14.7 Å². The summed E-state index contributed by atoms with van der Waals surface area (Å²) >= 11 is 0. The van der Waals surface area contributed by atoms with E-state index in [1.807, 2.05) is 0 Å². The number of amidine groups is 1. The summed E-state index contributed by atoms with van der Waals surface area (Å²) < 4.78 is 6.07. The Bertz CT molecular complexity index is 663. The molecule has 1 unspecified atom stereocenters. The van der Waals surface area contributed by atoms with E-state index in [-0.39, 0.29) is 6.04 Å². The van der Waals surface area contributed by atoms with Gasteiger partial charge in [0.15, 0.2) is 0 Å². The smallest absolute Gasteiger partial charge is 0.141 e. The third kappa shape index (κ3) is 4.51. The van der Waals surface area contributed by atoms with Gasteiger partial charge in [-0.05, 0) is 45.4 Å². The van der Waals surface area contributed by atoms with Crippen molar-refractivity contribution in [3.8, 4) is 0 Å². The van der Waals surface area contributed by atoms with Crippen LogP contribution in [0.5, 0.6) is 0 Å².